The van der Waals surface area contributed by atoms with Gasteiger partial charge < -0.3 is 14.4 Å². The first kappa shape index (κ1) is 16.5. The third kappa shape index (κ3) is 2.81. The van der Waals surface area contributed by atoms with E-state index < -0.39 is 12.7 Å². The van der Waals surface area contributed by atoms with E-state index in [1.807, 2.05) is 12.1 Å². The van der Waals surface area contributed by atoms with E-state index >= 15 is 0 Å². The minimum absolute atomic E-state index is 0.0620. The van der Waals surface area contributed by atoms with Crippen molar-refractivity contribution < 1.29 is 23.0 Å². The number of ether oxygens (including phenoxy) is 2. The second kappa shape index (κ2) is 6.38. The van der Waals surface area contributed by atoms with E-state index in [1.54, 1.807) is 29.2 Å². The Morgan fingerprint density at radius 1 is 1.20 bits per heavy atom. The molecule has 0 unspecified atom stereocenters. The molecule has 2 aromatic carbocycles. The van der Waals surface area contributed by atoms with Gasteiger partial charge in [-0.3, -0.25) is 4.79 Å². The maximum Gasteiger partial charge on any atom is 0.387 e. The van der Waals surface area contributed by atoms with Crippen molar-refractivity contribution in [3.8, 4) is 5.75 Å². The number of benzene rings is 2. The van der Waals surface area contributed by atoms with Gasteiger partial charge in [0, 0.05) is 22.1 Å². The molecular weight excluding hydrogens is 396 g/mol. The molecule has 4 nitrogen and oxygen atoms in total. The number of alkyl halides is 2. The maximum atomic E-state index is 12.8. The van der Waals surface area contributed by atoms with Gasteiger partial charge in [-0.25, -0.2) is 0 Å². The Morgan fingerprint density at radius 3 is 2.80 bits per heavy atom. The molecule has 0 saturated carbocycles. The van der Waals surface area contributed by atoms with Crippen molar-refractivity contribution in [2.75, 3.05) is 13.2 Å². The minimum atomic E-state index is -2.92. The summed E-state index contributed by atoms with van der Waals surface area (Å²) in [5, 5.41) is 0. The minimum Gasteiger partial charge on any atom is -0.434 e. The van der Waals surface area contributed by atoms with Gasteiger partial charge in [0.05, 0.1) is 12.6 Å². The average Bonchev–Trinajstić information content (AvgIpc) is 2.87. The van der Waals surface area contributed by atoms with Gasteiger partial charge in [0.2, 0.25) is 0 Å². The van der Waals surface area contributed by atoms with E-state index in [1.165, 1.54) is 6.07 Å². The number of morpholine rings is 1. The zero-order valence-electron chi connectivity index (χ0n) is 13.0. The van der Waals surface area contributed by atoms with E-state index in [0.29, 0.717) is 24.3 Å². The molecule has 2 atom stereocenters. The van der Waals surface area contributed by atoms with Gasteiger partial charge in [-0.15, -0.1) is 0 Å². The van der Waals surface area contributed by atoms with Crippen LogP contribution in [0.15, 0.2) is 46.9 Å². The molecule has 25 heavy (non-hydrogen) atoms. The van der Waals surface area contributed by atoms with Crippen molar-refractivity contribution >= 4 is 21.8 Å². The van der Waals surface area contributed by atoms with E-state index in [2.05, 4.69) is 20.7 Å². The molecule has 0 N–H and O–H groups in total. The molecule has 0 spiro atoms. The summed E-state index contributed by atoms with van der Waals surface area (Å²) in [6.45, 7) is -2.12. The molecule has 4 rings (SSSR count). The smallest absolute Gasteiger partial charge is 0.387 e. The molecule has 2 heterocycles. The number of rotatable bonds is 3. The van der Waals surface area contributed by atoms with Gasteiger partial charge in [0.15, 0.2) is 0 Å². The largest absolute Gasteiger partial charge is 0.434 e. The molecule has 2 aromatic rings. The van der Waals surface area contributed by atoms with Gasteiger partial charge in [0.1, 0.15) is 11.9 Å². The Morgan fingerprint density at radius 2 is 2.00 bits per heavy atom. The molecular formula is C18H14BrF2NO3. The van der Waals surface area contributed by atoms with Crippen LogP contribution in [0.1, 0.15) is 33.6 Å². The second-order valence-corrected chi connectivity index (χ2v) is 6.80. The number of carbonyl (C=O) groups is 1. The third-order valence-electron chi connectivity index (χ3n) is 4.52. The van der Waals surface area contributed by atoms with Gasteiger partial charge >= 0.3 is 6.61 Å². The Labute approximate surface area is 151 Å². The normalized spacial score (nSPS) is 22.1. The third-order valence-corrected chi connectivity index (χ3v) is 5.01. The summed E-state index contributed by atoms with van der Waals surface area (Å²) in [5.74, 6) is 0.00769. The number of para-hydroxylation sites is 1. The van der Waals surface area contributed by atoms with Gasteiger partial charge in [-0.1, -0.05) is 34.1 Å². The molecule has 7 heteroatoms. The highest BCUT2D eigenvalue weighted by Gasteiger charge is 2.45. The van der Waals surface area contributed by atoms with Crippen LogP contribution in [0.5, 0.6) is 5.75 Å². The van der Waals surface area contributed by atoms with Gasteiger partial charge in [-0.2, -0.15) is 8.78 Å². The van der Waals surface area contributed by atoms with Crippen LogP contribution in [0.2, 0.25) is 0 Å². The lowest BCUT2D eigenvalue weighted by Gasteiger charge is -2.37. The van der Waals surface area contributed by atoms with Gasteiger partial charge in [-0.05, 0) is 29.8 Å². The highest BCUT2D eigenvalue weighted by atomic mass is 79.9. The monoisotopic (exact) mass is 409 g/mol. The Kier molecular flexibility index (Phi) is 4.21. The van der Waals surface area contributed by atoms with Crippen molar-refractivity contribution in [2.45, 2.75) is 18.8 Å². The van der Waals surface area contributed by atoms with E-state index in [4.69, 9.17) is 4.74 Å². The van der Waals surface area contributed by atoms with E-state index in [0.717, 1.165) is 10.0 Å². The predicted molar refractivity (Wildman–Crippen MR) is 89.7 cm³/mol. The first-order chi connectivity index (χ1) is 12.1. The number of amides is 1. The molecule has 0 radical (unpaired) electrons. The standard InChI is InChI=1S/C18H14BrF2NO3/c19-10-5-6-11-13(9-10)15-16(24-8-7-22(15)17(11)23)12-3-1-2-4-14(12)25-18(20)21/h1-6,9,15-16,18H,7-8H2/t15-,16-/m1/s1. The van der Waals surface area contributed by atoms with Crippen molar-refractivity contribution in [1.82, 2.24) is 4.90 Å². The van der Waals surface area contributed by atoms with E-state index in [9.17, 15) is 13.6 Å². The van der Waals surface area contributed by atoms with Crippen LogP contribution < -0.4 is 4.74 Å². The Hall–Kier alpha value is -1.99. The highest BCUT2D eigenvalue weighted by molar-refractivity contribution is 9.10. The van der Waals surface area contributed by atoms with Crippen LogP contribution in [-0.2, 0) is 4.74 Å². The summed E-state index contributed by atoms with van der Waals surface area (Å²) in [6, 6.07) is 11.7. The van der Waals surface area contributed by atoms with Crippen LogP contribution in [0, 0.1) is 0 Å². The van der Waals surface area contributed by atoms with Crippen molar-refractivity contribution in [3.63, 3.8) is 0 Å². The van der Waals surface area contributed by atoms with Crippen LogP contribution in [-0.4, -0.2) is 30.6 Å². The Balaban J connectivity index is 1.80. The van der Waals surface area contributed by atoms with Crippen LogP contribution in [0.4, 0.5) is 8.78 Å². The molecule has 1 amide bonds. The molecule has 0 aromatic heterocycles. The summed E-state index contributed by atoms with van der Waals surface area (Å²) in [4.78, 5) is 14.4. The first-order valence-electron chi connectivity index (χ1n) is 7.82. The zero-order chi connectivity index (χ0) is 17.6. The maximum absolute atomic E-state index is 12.8. The molecule has 2 aliphatic rings. The lowest BCUT2D eigenvalue weighted by molar-refractivity contribution is -0.0690. The van der Waals surface area contributed by atoms with Crippen molar-refractivity contribution in [3.05, 3.63) is 63.6 Å². The zero-order valence-corrected chi connectivity index (χ0v) is 14.6. The average molecular weight is 410 g/mol. The lowest BCUT2D eigenvalue weighted by atomic mass is 9.93. The molecule has 0 aliphatic carbocycles. The number of carbonyl (C=O) groups excluding carboxylic acids is 1. The number of nitrogens with zero attached hydrogens (tertiary/aromatic N) is 1. The quantitative estimate of drug-likeness (QED) is 0.757. The van der Waals surface area contributed by atoms with Crippen LogP contribution >= 0.6 is 15.9 Å². The lowest BCUT2D eigenvalue weighted by Crippen LogP contribution is -2.40. The fourth-order valence-corrected chi connectivity index (χ4v) is 3.92. The first-order valence-corrected chi connectivity index (χ1v) is 8.61. The summed E-state index contributed by atoms with van der Waals surface area (Å²) < 4.78 is 36.9. The highest BCUT2D eigenvalue weighted by Crippen LogP contribution is 2.48. The number of hydrogen-bond acceptors (Lipinski definition) is 3. The summed E-state index contributed by atoms with van der Waals surface area (Å²) in [5.41, 5.74) is 1.96. The van der Waals surface area contributed by atoms with Crippen LogP contribution in [0.25, 0.3) is 0 Å². The Bertz CT molecular complexity index is 830. The molecule has 1 saturated heterocycles. The van der Waals surface area contributed by atoms with E-state index in [-0.39, 0.29) is 17.7 Å². The fraction of sp³-hybridized carbons (Fsp3) is 0.278. The number of fused-ring (bicyclic) bond motifs is 3. The summed E-state index contributed by atoms with van der Waals surface area (Å²) in [6.07, 6.45) is -0.566. The molecule has 130 valence electrons. The predicted octanol–water partition coefficient (Wildman–Crippen LogP) is 4.32. The topological polar surface area (TPSA) is 38.8 Å². The summed E-state index contributed by atoms with van der Waals surface area (Å²) >= 11 is 3.43. The fourth-order valence-electron chi connectivity index (χ4n) is 3.54. The second-order valence-electron chi connectivity index (χ2n) is 5.88. The van der Waals surface area contributed by atoms with Crippen LogP contribution in [0.3, 0.4) is 0 Å². The summed E-state index contributed by atoms with van der Waals surface area (Å²) in [7, 11) is 0. The molecule has 1 fully saturated rings. The molecule has 0 bridgehead atoms. The number of hydrogen-bond donors (Lipinski definition) is 0. The van der Waals surface area contributed by atoms with Crippen molar-refractivity contribution in [1.29, 1.82) is 0 Å². The van der Waals surface area contributed by atoms with Gasteiger partial charge in [0.25, 0.3) is 5.91 Å². The van der Waals surface area contributed by atoms with Crippen molar-refractivity contribution in [2.24, 2.45) is 0 Å². The SMILES string of the molecule is O=C1c2ccc(Br)cc2[C@@H]2[C@@H](c3ccccc3OC(F)F)OCCN12. The number of halogens is 3. The molecule has 2 aliphatic heterocycles.